The number of benzene rings is 1. The number of nitriles is 1. The molecule has 1 atom stereocenters. The van der Waals surface area contributed by atoms with E-state index in [2.05, 4.69) is 10.6 Å². The molecule has 7 heteroatoms. The van der Waals surface area contributed by atoms with Crippen molar-refractivity contribution in [2.45, 2.75) is 19.4 Å². The number of nitrogens with one attached hydrogen (secondary N) is 2. The van der Waals surface area contributed by atoms with Crippen LogP contribution in [0.15, 0.2) is 30.0 Å². The van der Waals surface area contributed by atoms with E-state index < -0.39 is 5.91 Å². The van der Waals surface area contributed by atoms with Gasteiger partial charge >= 0.3 is 0 Å². The van der Waals surface area contributed by atoms with E-state index in [1.807, 2.05) is 13.0 Å². The molecule has 0 heterocycles. The van der Waals surface area contributed by atoms with Crippen molar-refractivity contribution in [3.8, 4) is 11.8 Å². The highest BCUT2D eigenvalue weighted by Gasteiger charge is 2.11. The summed E-state index contributed by atoms with van der Waals surface area (Å²) in [7, 11) is 1.49. The van der Waals surface area contributed by atoms with Gasteiger partial charge in [-0.3, -0.25) is 4.79 Å². The van der Waals surface area contributed by atoms with Gasteiger partial charge in [-0.15, -0.1) is 0 Å². The van der Waals surface area contributed by atoms with E-state index in [1.165, 1.54) is 19.4 Å². The van der Waals surface area contributed by atoms with E-state index in [-0.39, 0.29) is 18.2 Å². The summed E-state index contributed by atoms with van der Waals surface area (Å²) >= 11 is 5.97. The SMILES string of the molecule is CCC(CO)N/C=C(/C#N)C(=O)Nc1ccc(OC)c(Cl)c1. The molecule has 1 aromatic carbocycles. The molecule has 0 fully saturated rings. The smallest absolute Gasteiger partial charge is 0.267 e. The molecule has 0 aliphatic carbocycles. The first-order chi connectivity index (χ1) is 10.5. The fourth-order valence-corrected chi connectivity index (χ4v) is 1.85. The monoisotopic (exact) mass is 323 g/mol. The van der Waals surface area contributed by atoms with E-state index in [1.54, 1.807) is 12.1 Å². The number of halogens is 1. The van der Waals surface area contributed by atoms with Crippen LogP contribution >= 0.6 is 11.6 Å². The summed E-state index contributed by atoms with van der Waals surface area (Å²) in [4.78, 5) is 12.0. The highest BCUT2D eigenvalue weighted by molar-refractivity contribution is 6.32. The van der Waals surface area contributed by atoms with Crippen LogP contribution < -0.4 is 15.4 Å². The van der Waals surface area contributed by atoms with Crippen molar-refractivity contribution < 1.29 is 14.6 Å². The Morgan fingerprint density at radius 3 is 2.82 bits per heavy atom. The summed E-state index contributed by atoms with van der Waals surface area (Å²) in [5, 5.41) is 23.9. The normalized spacial score (nSPS) is 12.2. The number of carbonyl (C=O) groups excluding carboxylic acids is 1. The molecule has 0 saturated heterocycles. The lowest BCUT2D eigenvalue weighted by atomic mass is 10.2. The van der Waals surface area contributed by atoms with Crippen LogP contribution in [0.4, 0.5) is 5.69 Å². The summed E-state index contributed by atoms with van der Waals surface area (Å²) in [5.74, 6) is -0.0739. The highest BCUT2D eigenvalue weighted by atomic mass is 35.5. The van der Waals surface area contributed by atoms with Crippen molar-refractivity contribution >= 4 is 23.2 Å². The van der Waals surface area contributed by atoms with Gasteiger partial charge in [0.15, 0.2) is 0 Å². The minimum absolute atomic E-state index is 0.0819. The Balaban J connectivity index is 2.79. The highest BCUT2D eigenvalue weighted by Crippen LogP contribution is 2.27. The third kappa shape index (κ3) is 4.95. The number of nitrogens with zero attached hydrogens (tertiary/aromatic N) is 1. The number of anilines is 1. The Morgan fingerprint density at radius 2 is 2.32 bits per heavy atom. The first-order valence-electron chi connectivity index (χ1n) is 6.67. The third-order valence-electron chi connectivity index (χ3n) is 2.95. The van der Waals surface area contributed by atoms with Crippen LogP contribution in [0.2, 0.25) is 5.02 Å². The summed E-state index contributed by atoms with van der Waals surface area (Å²) in [5.41, 5.74) is 0.352. The average Bonchev–Trinajstić information content (AvgIpc) is 2.52. The van der Waals surface area contributed by atoms with Gasteiger partial charge in [0.05, 0.1) is 18.7 Å². The summed E-state index contributed by atoms with van der Waals surface area (Å²) in [6.07, 6.45) is 1.96. The predicted molar refractivity (Wildman–Crippen MR) is 84.6 cm³/mol. The number of amides is 1. The van der Waals surface area contributed by atoms with Crippen molar-refractivity contribution in [3.05, 3.63) is 35.0 Å². The van der Waals surface area contributed by atoms with Crippen LogP contribution in [0, 0.1) is 11.3 Å². The molecule has 118 valence electrons. The van der Waals surface area contributed by atoms with Gasteiger partial charge in [0.2, 0.25) is 0 Å². The van der Waals surface area contributed by atoms with Crippen LogP contribution in [0.5, 0.6) is 5.75 Å². The molecule has 1 unspecified atom stereocenters. The Morgan fingerprint density at radius 1 is 1.59 bits per heavy atom. The van der Waals surface area contributed by atoms with Gasteiger partial charge in [-0.05, 0) is 24.6 Å². The van der Waals surface area contributed by atoms with Gasteiger partial charge in [-0.1, -0.05) is 18.5 Å². The maximum Gasteiger partial charge on any atom is 0.267 e. The lowest BCUT2D eigenvalue weighted by Gasteiger charge is -2.12. The first-order valence-corrected chi connectivity index (χ1v) is 7.05. The molecular formula is C15H18ClN3O3. The molecule has 0 aromatic heterocycles. The van der Waals surface area contributed by atoms with E-state index in [9.17, 15) is 4.79 Å². The molecule has 0 saturated carbocycles. The number of ether oxygens (including phenoxy) is 1. The van der Waals surface area contributed by atoms with Crippen molar-refractivity contribution in [1.29, 1.82) is 5.26 Å². The van der Waals surface area contributed by atoms with Crippen molar-refractivity contribution in [2.75, 3.05) is 19.0 Å². The van der Waals surface area contributed by atoms with Gasteiger partial charge in [0.25, 0.3) is 5.91 Å². The Hall–Kier alpha value is -2.23. The molecular weight excluding hydrogens is 306 g/mol. The molecule has 0 bridgehead atoms. The number of aliphatic hydroxyl groups is 1. The molecule has 22 heavy (non-hydrogen) atoms. The van der Waals surface area contributed by atoms with E-state index in [0.29, 0.717) is 22.9 Å². The van der Waals surface area contributed by atoms with Gasteiger partial charge < -0.3 is 20.5 Å². The maximum absolute atomic E-state index is 12.0. The summed E-state index contributed by atoms with van der Waals surface area (Å²) in [6.45, 7) is 1.80. The predicted octanol–water partition coefficient (Wildman–Crippen LogP) is 2.06. The molecule has 1 rings (SSSR count). The topological polar surface area (TPSA) is 94.4 Å². The minimum Gasteiger partial charge on any atom is -0.495 e. The van der Waals surface area contributed by atoms with Crippen molar-refractivity contribution in [3.63, 3.8) is 0 Å². The largest absolute Gasteiger partial charge is 0.495 e. The Bertz CT molecular complexity index is 592. The zero-order valence-corrected chi connectivity index (χ0v) is 13.1. The number of hydrogen-bond donors (Lipinski definition) is 3. The van der Waals surface area contributed by atoms with E-state index in [4.69, 9.17) is 26.7 Å². The average molecular weight is 324 g/mol. The van der Waals surface area contributed by atoms with Gasteiger partial charge in [0.1, 0.15) is 17.4 Å². The number of hydrogen-bond acceptors (Lipinski definition) is 5. The van der Waals surface area contributed by atoms with Gasteiger partial charge in [0, 0.05) is 17.9 Å². The Labute approximate surface area is 134 Å². The molecule has 0 aliphatic rings. The number of rotatable bonds is 7. The fourth-order valence-electron chi connectivity index (χ4n) is 1.59. The minimum atomic E-state index is -0.566. The summed E-state index contributed by atoms with van der Waals surface area (Å²) in [6, 6.07) is 6.37. The van der Waals surface area contributed by atoms with E-state index in [0.717, 1.165) is 0 Å². The second-order valence-electron chi connectivity index (χ2n) is 4.43. The maximum atomic E-state index is 12.0. The van der Waals surface area contributed by atoms with Crippen LogP contribution in [-0.4, -0.2) is 30.8 Å². The third-order valence-corrected chi connectivity index (χ3v) is 3.25. The Kier molecular flexibility index (Phi) is 7.23. The summed E-state index contributed by atoms with van der Waals surface area (Å²) < 4.78 is 5.02. The molecule has 6 nitrogen and oxygen atoms in total. The second-order valence-corrected chi connectivity index (χ2v) is 4.83. The number of methoxy groups -OCH3 is 1. The van der Waals surface area contributed by atoms with Crippen LogP contribution in [0.3, 0.4) is 0 Å². The molecule has 1 amide bonds. The van der Waals surface area contributed by atoms with Gasteiger partial charge in [-0.2, -0.15) is 5.26 Å². The fraction of sp³-hybridized carbons (Fsp3) is 0.333. The van der Waals surface area contributed by atoms with Crippen molar-refractivity contribution in [1.82, 2.24) is 5.32 Å². The van der Waals surface area contributed by atoms with E-state index >= 15 is 0 Å². The molecule has 0 aliphatic heterocycles. The van der Waals surface area contributed by atoms with Crippen LogP contribution in [0.1, 0.15) is 13.3 Å². The van der Waals surface area contributed by atoms with Gasteiger partial charge in [-0.25, -0.2) is 0 Å². The molecule has 1 aromatic rings. The first kappa shape index (κ1) is 17.8. The zero-order valence-electron chi connectivity index (χ0n) is 12.4. The second kappa shape index (κ2) is 8.93. The van der Waals surface area contributed by atoms with Crippen LogP contribution in [0.25, 0.3) is 0 Å². The number of carbonyl (C=O) groups is 1. The quantitative estimate of drug-likeness (QED) is 0.527. The lowest BCUT2D eigenvalue weighted by Crippen LogP contribution is -2.28. The standard InChI is InChI=1S/C15H18ClN3O3/c1-3-11(9-20)18-8-10(7-17)15(21)19-12-4-5-14(22-2)13(16)6-12/h4-6,8,11,18,20H,3,9H2,1-2H3,(H,19,21)/b10-8-. The van der Waals surface area contributed by atoms with Crippen LogP contribution in [-0.2, 0) is 4.79 Å². The lowest BCUT2D eigenvalue weighted by molar-refractivity contribution is -0.112. The molecule has 0 spiro atoms. The van der Waals surface area contributed by atoms with Crippen molar-refractivity contribution in [2.24, 2.45) is 0 Å². The zero-order chi connectivity index (χ0) is 16.5. The number of aliphatic hydroxyl groups excluding tert-OH is 1. The molecule has 0 radical (unpaired) electrons. The molecule has 3 N–H and O–H groups in total.